The van der Waals surface area contributed by atoms with Crippen LogP contribution in [0.4, 0.5) is 5.82 Å². The standard InChI is InChI=1S/C12H10BrCl2N3/c1-6-11(13)12(16)18-10(17-6)5-7-2-3-8(14)9(15)4-7/h2-4H,5H2,1H3,(H2,16,17,18). The minimum absolute atomic E-state index is 0.442. The van der Waals surface area contributed by atoms with Gasteiger partial charge in [-0.05, 0) is 40.5 Å². The van der Waals surface area contributed by atoms with E-state index in [0.29, 0.717) is 28.1 Å². The van der Waals surface area contributed by atoms with Gasteiger partial charge in [0.05, 0.1) is 20.2 Å². The van der Waals surface area contributed by atoms with Gasteiger partial charge in [0.2, 0.25) is 0 Å². The van der Waals surface area contributed by atoms with Crippen LogP contribution in [0.25, 0.3) is 0 Å². The topological polar surface area (TPSA) is 51.8 Å². The number of hydrogen-bond acceptors (Lipinski definition) is 3. The lowest BCUT2D eigenvalue weighted by atomic mass is 10.1. The molecule has 0 unspecified atom stereocenters. The van der Waals surface area contributed by atoms with Gasteiger partial charge in [0, 0.05) is 6.42 Å². The highest BCUT2D eigenvalue weighted by Crippen LogP contribution is 2.24. The first-order valence-corrected chi connectivity index (χ1v) is 6.74. The van der Waals surface area contributed by atoms with E-state index < -0.39 is 0 Å². The molecule has 0 aliphatic rings. The van der Waals surface area contributed by atoms with Gasteiger partial charge in [0.25, 0.3) is 0 Å². The summed E-state index contributed by atoms with van der Waals surface area (Å²) in [6.07, 6.45) is 0.565. The van der Waals surface area contributed by atoms with Crippen molar-refractivity contribution in [3.8, 4) is 0 Å². The van der Waals surface area contributed by atoms with E-state index in [-0.39, 0.29) is 0 Å². The minimum Gasteiger partial charge on any atom is -0.383 e. The number of halogens is 3. The van der Waals surface area contributed by atoms with Crippen LogP contribution in [-0.2, 0) is 6.42 Å². The van der Waals surface area contributed by atoms with Crippen LogP contribution in [0.2, 0.25) is 10.0 Å². The smallest absolute Gasteiger partial charge is 0.141 e. The summed E-state index contributed by atoms with van der Waals surface area (Å²) in [5.41, 5.74) is 7.59. The summed E-state index contributed by atoms with van der Waals surface area (Å²) < 4.78 is 0.736. The number of nitrogens with zero attached hydrogens (tertiary/aromatic N) is 2. The predicted octanol–water partition coefficient (Wildman–Crippen LogP) is 4.03. The Balaban J connectivity index is 2.31. The second-order valence-corrected chi connectivity index (χ2v) is 5.46. The fraction of sp³-hybridized carbons (Fsp3) is 0.167. The van der Waals surface area contributed by atoms with Crippen LogP contribution in [0.15, 0.2) is 22.7 Å². The summed E-state index contributed by atoms with van der Waals surface area (Å²) in [4.78, 5) is 8.59. The summed E-state index contributed by atoms with van der Waals surface area (Å²) in [5, 5.41) is 1.06. The highest BCUT2D eigenvalue weighted by Gasteiger charge is 2.08. The lowest BCUT2D eigenvalue weighted by Gasteiger charge is -2.06. The summed E-state index contributed by atoms with van der Waals surface area (Å²) in [6, 6.07) is 5.46. The largest absolute Gasteiger partial charge is 0.383 e. The lowest BCUT2D eigenvalue weighted by Crippen LogP contribution is -2.04. The first-order chi connectivity index (χ1) is 8.47. The average molecular weight is 347 g/mol. The molecule has 0 saturated heterocycles. The van der Waals surface area contributed by atoms with Crippen LogP contribution in [0.5, 0.6) is 0 Å². The maximum absolute atomic E-state index is 5.96. The van der Waals surface area contributed by atoms with Crippen LogP contribution in [0, 0.1) is 6.92 Å². The zero-order valence-corrected chi connectivity index (χ0v) is 12.6. The van der Waals surface area contributed by atoms with Gasteiger partial charge < -0.3 is 5.73 Å². The van der Waals surface area contributed by atoms with E-state index in [2.05, 4.69) is 25.9 Å². The monoisotopic (exact) mass is 345 g/mol. The summed E-state index contributed by atoms with van der Waals surface area (Å²) in [5.74, 6) is 1.10. The van der Waals surface area contributed by atoms with Crippen LogP contribution >= 0.6 is 39.1 Å². The minimum atomic E-state index is 0.442. The van der Waals surface area contributed by atoms with Crippen LogP contribution in [0.3, 0.4) is 0 Å². The molecule has 6 heteroatoms. The Labute approximate surface area is 123 Å². The van der Waals surface area contributed by atoms with Gasteiger partial charge in [-0.15, -0.1) is 0 Å². The van der Waals surface area contributed by atoms with E-state index in [1.165, 1.54) is 0 Å². The van der Waals surface area contributed by atoms with Crippen molar-refractivity contribution in [3.63, 3.8) is 0 Å². The quantitative estimate of drug-likeness (QED) is 0.893. The zero-order chi connectivity index (χ0) is 13.3. The first kappa shape index (κ1) is 13.6. The van der Waals surface area contributed by atoms with Gasteiger partial charge in [0.1, 0.15) is 11.6 Å². The van der Waals surface area contributed by atoms with E-state index >= 15 is 0 Å². The molecule has 0 radical (unpaired) electrons. The molecule has 0 aliphatic carbocycles. The number of anilines is 1. The predicted molar refractivity (Wildman–Crippen MR) is 78.1 cm³/mol. The molecule has 0 aliphatic heterocycles. The van der Waals surface area contributed by atoms with Crippen molar-refractivity contribution >= 4 is 44.9 Å². The van der Waals surface area contributed by atoms with E-state index in [0.717, 1.165) is 15.7 Å². The van der Waals surface area contributed by atoms with E-state index in [1.54, 1.807) is 12.1 Å². The van der Waals surface area contributed by atoms with Gasteiger partial charge in [0.15, 0.2) is 0 Å². The molecule has 0 amide bonds. The molecule has 0 fully saturated rings. The molecule has 2 N–H and O–H groups in total. The Morgan fingerprint density at radius 2 is 1.94 bits per heavy atom. The van der Waals surface area contributed by atoms with E-state index in [1.807, 2.05) is 13.0 Å². The van der Waals surface area contributed by atoms with E-state index in [9.17, 15) is 0 Å². The third-order valence-corrected chi connectivity index (χ3v) is 4.15. The van der Waals surface area contributed by atoms with Crippen molar-refractivity contribution in [2.24, 2.45) is 0 Å². The normalized spacial score (nSPS) is 10.7. The van der Waals surface area contributed by atoms with Crippen molar-refractivity contribution in [1.29, 1.82) is 0 Å². The Kier molecular flexibility index (Phi) is 4.10. The van der Waals surface area contributed by atoms with Crippen molar-refractivity contribution in [2.75, 3.05) is 5.73 Å². The first-order valence-electron chi connectivity index (χ1n) is 5.20. The van der Waals surface area contributed by atoms with Gasteiger partial charge in [-0.1, -0.05) is 29.3 Å². The number of hydrogen-bond donors (Lipinski definition) is 1. The van der Waals surface area contributed by atoms with E-state index in [4.69, 9.17) is 28.9 Å². The van der Waals surface area contributed by atoms with Crippen molar-refractivity contribution in [3.05, 3.63) is 49.8 Å². The maximum Gasteiger partial charge on any atom is 0.141 e. The second-order valence-electron chi connectivity index (χ2n) is 3.85. The SMILES string of the molecule is Cc1nc(Cc2ccc(Cl)c(Cl)c2)nc(N)c1Br. The van der Waals surface area contributed by atoms with Gasteiger partial charge in [-0.2, -0.15) is 0 Å². The number of aryl methyl sites for hydroxylation is 1. The molecule has 3 nitrogen and oxygen atoms in total. The van der Waals surface area contributed by atoms with Crippen LogP contribution < -0.4 is 5.73 Å². The Morgan fingerprint density at radius 3 is 2.56 bits per heavy atom. The average Bonchev–Trinajstić information content (AvgIpc) is 2.31. The van der Waals surface area contributed by atoms with Gasteiger partial charge >= 0.3 is 0 Å². The molecule has 0 spiro atoms. The highest BCUT2D eigenvalue weighted by atomic mass is 79.9. The molecular weight excluding hydrogens is 337 g/mol. The summed E-state index contributed by atoms with van der Waals surface area (Å²) in [7, 11) is 0. The lowest BCUT2D eigenvalue weighted by molar-refractivity contribution is 0.941. The molecule has 2 aromatic rings. The Hall–Kier alpha value is -0.840. The molecule has 1 aromatic carbocycles. The molecule has 1 heterocycles. The number of nitrogen functional groups attached to an aromatic ring is 1. The summed E-state index contributed by atoms with van der Waals surface area (Å²) >= 11 is 15.2. The molecule has 0 atom stereocenters. The second kappa shape index (κ2) is 5.43. The molecule has 2 rings (SSSR count). The zero-order valence-electron chi connectivity index (χ0n) is 9.54. The van der Waals surface area contributed by atoms with Crippen LogP contribution in [-0.4, -0.2) is 9.97 Å². The third kappa shape index (κ3) is 2.94. The fourth-order valence-electron chi connectivity index (χ4n) is 1.55. The highest BCUT2D eigenvalue weighted by molar-refractivity contribution is 9.10. The Bertz CT molecular complexity index is 579. The maximum atomic E-state index is 5.96. The van der Waals surface area contributed by atoms with Crippen molar-refractivity contribution in [2.45, 2.75) is 13.3 Å². The number of rotatable bonds is 2. The molecule has 0 bridgehead atoms. The number of benzene rings is 1. The van der Waals surface area contributed by atoms with Crippen LogP contribution in [0.1, 0.15) is 17.1 Å². The van der Waals surface area contributed by atoms with Gasteiger partial charge in [-0.25, -0.2) is 9.97 Å². The molecule has 1 aromatic heterocycles. The molecule has 94 valence electrons. The Morgan fingerprint density at radius 1 is 1.22 bits per heavy atom. The van der Waals surface area contributed by atoms with Crippen molar-refractivity contribution < 1.29 is 0 Å². The summed E-state index contributed by atoms with van der Waals surface area (Å²) in [6.45, 7) is 1.88. The molecule has 0 saturated carbocycles. The molecule has 18 heavy (non-hydrogen) atoms. The molecular formula is C12H10BrCl2N3. The third-order valence-electron chi connectivity index (χ3n) is 2.44. The number of aromatic nitrogens is 2. The number of nitrogens with two attached hydrogens (primary N) is 1. The van der Waals surface area contributed by atoms with Crippen molar-refractivity contribution in [1.82, 2.24) is 9.97 Å². The van der Waals surface area contributed by atoms with Gasteiger partial charge in [-0.3, -0.25) is 0 Å². The fourth-order valence-corrected chi connectivity index (χ4v) is 2.05.